The van der Waals surface area contributed by atoms with E-state index in [0.717, 1.165) is 31.3 Å². The molecule has 1 aliphatic carbocycles. The number of allylic oxidation sites excluding steroid dienone is 1. The maximum Gasteiger partial charge on any atom is 0.245 e. The van der Waals surface area contributed by atoms with Crippen LogP contribution in [0.25, 0.3) is 0 Å². The van der Waals surface area contributed by atoms with E-state index in [1.165, 1.54) is 4.90 Å². The Hall–Kier alpha value is -2.78. The average molecular weight is 773 g/mol. The zero-order chi connectivity index (χ0) is 40.7. The Bertz CT molecular complexity index is 1220. The molecule has 0 spiro atoms. The zero-order valence-corrected chi connectivity index (χ0v) is 32.5. The number of aliphatic hydroxyl groups excluding tert-OH is 5. The van der Waals surface area contributed by atoms with Crippen molar-refractivity contribution < 1.29 is 49.8 Å². The summed E-state index contributed by atoms with van der Waals surface area (Å²) in [6.45, 7) is 8.56. The molecule has 2 rings (SSSR count). The van der Waals surface area contributed by atoms with Crippen molar-refractivity contribution in [2.24, 2.45) is 23.3 Å². The molecular weight excluding hydrogens is 704 g/mol. The Balaban J connectivity index is 2.11. The van der Waals surface area contributed by atoms with Crippen LogP contribution in [0.4, 0.5) is 0 Å². The molecule has 2 aliphatic rings. The largest absolute Gasteiger partial charge is 0.394 e. The Morgan fingerprint density at radius 3 is 2.11 bits per heavy atom. The highest BCUT2D eigenvalue weighted by molar-refractivity contribution is 5.91. The van der Waals surface area contributed by atoms with Crippen LogP contribution in [0.3, 0.4) is 0 Å². The van der Waals surface area contributed by atoms with Crippen molar-refractivity contribution in [3.8, 4) is 0 Å². The minimum absolute atomic E-state index is 0.0231. The van der Waals surface area contributed by atoms with Crippen LogP contribution >= 0.6 is 0 Å². The molecule has 0 aromatic carbocycles. The number of hydrogen-bond donors (Lipinski definition) is 13. The number of hydrogen-bond acceptors (Lipinski definition) is 14. The van der Waals surface area contributed by atoms with E-state index in [1.807, 2.05) is 27.7 Å². The molecule has 312 valence electrons. The summed E-state index contributed by atoms with van der Waals surface area (Å²) in [6, 6.07) is -7.14. The number of nitrogens with zero attached hydrogens (tertiary/aromatic N) is 1. The summed E-state index contributed by atoms with van der Waals surface area (Å²) in [5.74, 6) is -2.80. The van der Waals surface area contributed by atoms with Crippen molar-refractivity contribution in [2.45, 2.75) is 166 Å². The van der Waals surface area contributed by atoms with Gasteiger partial charge in [-0.1, -0.05) is 45.8 Å². The minimum Gasteiger partial charge on any atom is -0.394 e. The van der Waals surface area contributed by atoms with Crippen LogP contribution in [0.1, 0.15) is 98.8 Å². The number of carbonyl (C=O) groups is 4. The summed E-state index contributed by atoms with van der Waals surface area (Å²) >= 11 is 0. The topological polar surface area (TPSA) is 305 Å². The second kappa shape index (κ2) is 23.3. The monoisotopic (exact) mass is 773 g/mol. The second-order valence-electron chi connectivity index (χ2n) is 15.3. The first-order chi connectivity index (χ1) is 25.4. The minimum atomic E-state index is -1.77. The Morgan fingerprint density at radius 1 is 0.870 bits per heavy atom. The maximum absolute atomic E-state index is 14.1. The van der Waals surface area contributed by atoms with E-state index in [9.17, 15) is 49.8 Å². The molecule has 18 heteroatoms. The molecular formula is C36H68N8O10. The predicted molar refractivity (Wildman–Crippen MR) is 200 cm³/mol. The van der Waals surface area contributed by atoms with Gasteiger partial charge in [-0.25, -0.2) is 0 Å². The van der Waals surface area contributed by atoms with Gasteiger partial charge in [0.2, 0.25) is 23.6 Å². The van der Waals surface area contributed by atoms with Crippen molar-refractivity contribution in [3.63, 3.8) is 0 Å². The fourth-order valence-electron chi connectivity index (χ4n) is 6.78. The Kier molecular flexibility index (Phi) is 20.5. The third-order valence-corrected chi connectivity index (χ3v) is 10.2. The van der Waals surface area contributed by atoms with Crippen LogP contribution in [0, 0.1) is 11.8 Å². The van der Waals surface area contributed by atoms with Gasteiger partial charge in [0.05, 0.1) is 30.8 Å². The van der Waals surface area contributed by atoms with Gasteiger partial charge in [-0.2, -0.15) is 0 Å². The van der Waals surface area contributed by atoms with E-state index in [-0.39, 0.29) is 24.7 Å². The predicted octanol–water partition coefficient (Wildman–Crippen LogP) is -2.71. The van der Waals surface area contributed by atoms with Crippen LogP contribution in [-0.2, 0) is 19.2 Å². The number of aliphatic hydroxyl groups is 6. The van der Waals surface area contributed by atoms with Crippen LogP contribution in [0.5, 0.6) is 0 Å². The quantitative estimate of drug-likeness (QED) is 0.0371. The van der Waals surface area contributed by atoms with Gasteiger partial charge in [-0.15, -0.1) is 0 Å². The molecule has 1 fully saturated rings. The van der Waals surface area contributed by atoms with Crippen LogP contribution in [0.15, 0.2) is 11.6 Å². The molecule has 1 heterocycles. The van der Waals surface area contributed by atoms with Crippen molar-refractivity contribution >= 4 is 23.6 Å². The SMILES string of the molecule is CCC(C)C(NC(O)C(C)NC(O)C(CC(C)C)NC(=O)C(CO)NC(=O)C(N)CC(N)O)C(=O)N1CCCC1C(=O)NC(CC1=CCCCC1)C(O)O. The lowest BCUT2D eigenvalue weighted by molar-refractivity contribution is -0.143. The number of likely N-dealkylation sites (tertiary alicyclic amines) is 1. The van der Waals surface area contributed by atoms with Gasteiger partial charge >= 0.3 is 0 Å². The smallest absolute Gasteiger partial charge is 0.245 e. The number of amides is 4. The first-order valence-corrected chi connectivity index (χ1v) is 19.3. The van der Waals surface area contributed by atoms with Crippen molar-refractivity contribution in [3.05, 3.63) is 11.6 Å². The summed E-state index contributed by atoms with van der Waals surface area (Å²) in [7, 11) is 0. The van der Waals surface area contributed by atoms with Gasteiger partial charge in [0.1, 0.15) is 30.8 Å². The highest BCUT2D eigenvalue weighted by Crippen LogP contribution is 2.25. The zero-order valence-electron chi connectivity index (χ0n) is 32.5. The van der Waals surface area contributed by atoms with Gasteiger partial charge in [0, 0.05) is 19.0 Å². The third kappa shape index (κ3) is 15.0. The first-order valence-electron chi connectivity index (χ1n) is 19.3. The number of nitrogens with two attached hydrogens (primary N) is 2. The molecule has 4 amide bonds. The Labute approximate surface area is 318 Å². The van der Waals surface area contributed by atoms with Gasteiger partial charge in [0.15, 0.2) is 6.29 Å². The summed E-state index contributed by atoms with van der Waals surface area (Å²) in [6.07, 6.45) is 1.77. The molecule has 0 aromatic rings. The first kappa shape index (κ1) is 47.4. The molecule has 0 aromatic heterocycles. The van der Waals surface area contributed by atoms with E-state index < -0.39 is 97.5 Å². The lowest BCUT2D eigenvalue weighted by atomic mass is 9.94. The van der Waals surface area contributed by atoms with E-state index in [0.29, 0.717) is 32.2 Å². The van der Waals surface area contributed by atoms with Gasteiger partial charge in [-0.05, 0) is 70.1 Å². The molecule has 11 atom stereocenters. The van der Waals surface area contributed by atoms with Gasteiger partial charge < -0.3 is 63.0 Å². The van der Waals surface area contributed by atoms with Crippen molar-refractivity contribution in [2.75, 3.05) is 13.2 Å². The molecule has 0 radical (unpaired) electrons. The van der Waals surface area contributed by atoms with E-state index in [1.54, 1.807) is 6.92 Å². The number of rotatable bonds is 23. The fourth-order valence-corrected chi connectivity index (χ4v) is 6.78. The van der Waals surface area contributed by atoms with E-state index in [4.69, 9.17) is 11.5 Å². The van der Waals surface area contributed by atoms with Crippen LogP contribution < -0.4 is 38.1 Å². The highest BCUT2D eigenvalue weighted by atomic mass is 16.5. The van der Waals surface area contributed by atoms with Crippen molar-refractivity contribution in [1.82, 2.24) is 31.5 Å². The standard InChI is InChI=1S/C36H68N8O10/c1-6-20(4)29(35(52)44-14-10-13-27(44)34(51)41-25(36(53)54)16-22-11-8-7-9-12-22)43-30(47)21(5)39-32(49)24(15-19(2)3)40-33(50)26(18-45)42-31(48)23(37)17-28(38)46/h11,19-21,23-30,32,36,39,43,45-47,49,53-54H,6-10,12-18,37-38H2,1-5H3,(H,40,50)(H,41,51)(H,42,48). The third-order valence-electron chi connectivity index (χ3n) is 10.2. The van der Waals surface area contributed by atoms with Gasteiger partial charge in [0.25, 0.3) is 0 Å². The molecule has 1 aliphatic heterocycles. The van der Waals surface area contributed by atoms with Crippen LogP contribution in [0.2, 0.25) is 0 Å². The van der Waals surface area contributed by atoms with Crippen molar-refractivity contribution in [1.29, 1.82) is 0 Å². The molecule has 1 saturated heterocycles. The lowest BCUT2D eigenvalue weighted by Gasteiger charge is -2.36. The van der Waals surface area contributed by atoms with E-state index in [2.05, 4.69) is 32.7 Å². The average Bonchev–Trinajstić information content (AvgIpc) is 3.61. The highest BCUT2D eigenvalue weighted by Gasteiger charge is 2.41. The maximum atomic E-state index is 14.1. The molecule has 54 heavy (non-hydrogen) atoms. The molecule has 15 N–H and O–H groups in total. The fraction of sp³-hybridized carbons (Fsp3) is 0.833. The summed E-state index contributed by atoms with van der Waals surface area (Å²) in [5.41, 5.74) is 12.0. The van der Waals surface area contributed by atoms with Gasteiger partial charge in [-0.3, -0.25) is 29.8 Å². The summed E-state index contributed by atoms with van der Waals surface area (Å²) < 4.78 is 0. The second-order valence-corrected chi connectivity index (χ2v) is 15.3. The Morgan fingerprint density at radius 2 is 1.56 bits per heavy atom. The summed E-state index contributed by atoms with van der Waals surface area (Å²) in [4.78, 5) is 54.5. The number of carbonyl (C=O) groups excluding carboxylic acids is 4. The van der Waals surface area contributed by atoms with E-state index >= 15 is 0 Å². The molecule has 18 nitrogen and oxygen atoms in total. The summed E-state index contributed by atoms with van der Waals surface area (Å²) in [5, 5.41) is 75.2. The molecule has 0 saturated carbocycles. The molecule has 11 unspecified atom stereocenters. The van der Waals surface area contributed by atoms with Crippen LogP contribution in [-0.4, -0.2) is 140 Å². The molecule has 0 bridgehead atoms. The lowest BCUT2D eigenvalue weighted by Crippen LogP contribution is -2.62. The normalized spacial score (nSPS) is 21.9. The number of nitrogens with one attached hydrogen (secondary N) is 5.